The molecule has 3 aromatic carbocycles. The number of ether oxygens (including phenoxy) is 1. The van der Waals surface area contributed by atoms with Crippen molar-refractivity contribution in [2.75, 3.05) is 20.2 Å². The van der Waals surface area contributed by atoms with E-state index in [1.807, 2.05) is 61.5 Å². The van der Waals surface area contributed by atoms with Gasteiger partial charge in [0.25, 0.3) is 0 Å². The van der Waals surface area contributed by atoms with Crippen LogP contribution < -0.4 is 4.74 Å². The van der Waals surface area contributed by atoms with Crippen LogP contribution in [0.3, 0.4) is 0 Å². The summed E-state index contributed by atoms with van der Waals surface area (Å²) in [5.41, 5.74) is 2.79. The Morgan fingerprint density at radius 2 is 1.58 bits per heavy atom. The number of nitrogens with zero attached hydrogens (tertiary/aromatic N) is 1. The quantitative estimate of drug-likeness (QED) is 0.629. The molecular formula is C25H27NO4S. The van der Waals surface area contributed by atoms with Crippen LogP contribution in [-0.2, 0) is 10.0 Å². The van der Waals surface area contributed by atoms with E-state index in [1.54, 1.807) is 31.4 Å². The second kappa shape index (κ2) is 8.83. The highest BCUT2D eigenvalue weighted by Gasteiger charge is 2.43. The van der Waals surface area contributed by atoms with Crippen molar-refractivity contribution in [1.29, 1.82) is 0 Å². The van der Waals surface area contributed by atoms with Gasteiger partial charge in [0.1, 0.15) is 5.75 Å². The van der Waals surface area contributed by atoms with Gasteiger partial charge in [0, 0.05) is 24.9 Å². The van der Waals surface area contributed by atoms with Crippen molar-refractivity contribution in [3.63, 3.8) is 0 Å². The maximum absolute atomic E-state index is 13.4. The van der Waals surface area contributed by atoms with Crippen molar-refractivity contribution in [3.8, 4) is 5.75 Å². The molecule has 1 aliphatic heterocycles. The van der Waals surface area contributed by atoms with Crippen LogP contribution in [0.25, 0.3) is 0 Å². The van der Waals surface area contributed by atoms with E-state index in [4.69, 9.17) is 4.74 Å². The van der Waals surface area contributed by atoms with Gasteiger partial charge >= 0.3 is 0 Å². The third-order valence-corrected chi connectivity index (χ3v) is 7.93. The third kappa shape index (κ3) is 4.37. The Morgan fingerprint density at radius 1 is 0.935 bits per heavy atom. The van der Waals surface area contributed by atoms with Crippen molar-refractivity contribution >= 4 is 10.0 Å². The molecule has 1 heterocycles. The molecule has 162 valence electrons. The molecule has 0 aromatic heterocycles. The average Bonchev–Trinajstić information content (AvgIpc) is 3.26. The van der Waals surface area contributed by atoms with Gasteiger partial charge in [0.15, 0.2) is 0 Å². The lowest BCUT2D eigenvalue weighted by molar-refractivity contribution is 0.107. The molecule has 0 radical (unpaired) electrons. The highest BCUT2D eigenvalue weighted by atomic mass is 32.2. The second-order valence-electron chi connectivity index (χ2n) is 8.03. The molecule has 6 heteroatoms. The molecule has 0 aliphatic carbocycles. The first-order valence-corrected chi connectivity index (χ1v) is 11.8. The zero-order valence-electron chi connectivity index (χ0n) is 17.7. The van der Waals surface area contributed by atoms with Gasteiger partial charge in [-0.3, -0.25) is 0 Å². The number of aryl methyl sites for hydroxylation is 1. The number of methoxy groups -OCH3 is 1. The molecule has 0 bridgehead atoms. The van der Waals surface area contributed by atoms with Gasteiger partial charge in [-0.15, -0.1) is 0 Å². The highest BCUT2D eigenvalue weighted by Crippen LogP contribution is 2.42. The van der Waals surface area contributed by atoms with Crippen molar-refractivity contribution in [2.45, 2.75) is 23.8 Å². The summed E-state index contributed by atoms with van der Waals surface area (Å²) in [4.78, 5) is 0.279. The van der Waals surface area contributed by atoms with Crippen LogP contribution in [0.5, 0.6) is 5.75 Å². The van der Waals surface area contributed by atoms with Crippen LogP contribution in [0.4, 0.5) is 0 Å². The largest absolute Gasteiger partial charge is 0.497 e. The van der Waals surface area contributed by atoms with Gasteiger partial charge in [-0.2, -0.15) is 4.31 Å². The molecule has 1 fully saturated rings. The highest BCUT2D eigenvalue weighted by molar-refractivity contribution is 7.89. The molecule has 0 amide bonds. The Kier molecular flexibility index (Phi) is 6.14. The predicted octanol–water partition coefficient (Wildman–Crippen LogP) is 4.14. The minimum Gasteiger partial charge on any atom is -0.497 e. The molecule has 0 saturated carbocycles. The molecule has 4 rings (SSSR count). The van der Waals surface area contributed by atoms with E-state index in [0.717, 1.165) is 22.4 Å². The number of aliphatic hydroxyl groups is 1. The molecule has 3 atom stereocenters. The Hall–Kier alpha value is -2.67. The summed E-state index contributed by atoms with van der Waals surface area (Å²) in [7, 11) is -2.05. The summed E-state index contributed by atoms with van der Waals surface area (Å²) in [6.07, 6.45) is -0.772. The first kappa shape index (κ1) is 21.6. The molecular weight excluding hydrogens is 410 g/mol. The van der Waals surface area contributed by atoms with Crippen molar-refractivity contribution < 1.29 is 18.3 Å². The van der Waals surface area contributed by atoms with Gasteiger partial charge in [-0.25, -0.2) is 8.42 Å². The molecule has 31 heavy (non-hydrogen) atoms. The summed E-state index contributed by atoms with van der Waals surface area (Å²) in [6, 6.07) is 24.0. The monoisotopic (exact) mass is 437 g/mol. The molecule has 0 unspecified atom stereocenters. The number of aliphatic hydroxyl groups excluding tert-OH is 1. The summed E-state index contributed by atoms with van der Waals surface area (Å²) in [6.45, 7) is 2.50. The Labute approximate surface area is 184 Å². The molecule has 1 saturated heterocycles. The first-order valence-electron chi connectivity index (χ1n) is 10.3. The standard InChI is InChI=1S/C25H27NO4S/c1-18-8-14-22(15-9-18)31(28,29)26-16-23(19-10-12-21(30-2)13-11-19)24(17-26)25(27)20-6-4-3-5-7-20/h3-15,23-25,27H,16-17H2,1-2H3/t23-,24+,25+/m1/s1. The van der Waals surface area contributed by atoms with Crippen molar-refractivity contribution in [2.24, 2.45) is 5.92 Å². The van der Waals surface area contributed by atoms with Gasteiger partial charge in [-0.1, -0.05) is 60.2 Å². The number of rotatable bonds is 6. The van der Waals surface area contributed by atoms with Crippen LogP contribution in [-0.4, -0.2) is 38.0 Å². The zero-order chi connectivity index (χ0) is 22.0. The summed E-state index contributed by atoms with van der Waals surface area (Å²) in [5.74, 6) is 0.336. The van der Waals surface area contributed by atoms with E-state index < -0.39 is 16.1 Å². The van der Waals surface area contributed by atoms with Gasteiger partial charge in [-0.05, 0) is 42.3 Å². The van der Waals surface area contributed by atoms with Crippen LogP contribution in [0.2, 0.25) is 0 Å². The lowest BCUT2D eigenvalue weighted by Gasteiger charge is -2.24. The van der Waals surface area contributed by atoms with Crippen molar-refractivity contribution in [1.82, 2.24) is 4.31 Å². The van der Waals surface area contributed by atoms with E-state index in [9.17, 15) is 13.5 Å². The van der Waals surface area contributed by atoms with E-state index in [0.29, 0.717) is 6.54 Å². The van der Waals surface area contributed by atoms with E-state index in [1.165, 1.54) is 4.31 Å². The SMILES string of the molecule is COc1ccc([C@H]2CN(S(=O)(=O)c3ccc(C)cc3)C[C@@H]2[C@@H](O)c2ccccc2)cc1. The normalized spacial score (nSPS) is 20.5. The van der Waals surface area contributed by atoms with Gasteiger partial charge in [0.05, 0.1) is 18.1 Å². The first-order chi connectivity index (χ1) is 14.9. The summed E-state index contributed by atoms with van der Waals surface area (Å²) < 4.78 is 33.5. The number of sulfonamides is 1. The maximum Gasteiger partial charge on any atom is 0.243 e. The minimum atomic E-state index is -3.66. The number of hydrogen-bond donors (Lipinski definition) is 1. The van der Waals surface area contributed by atoms with Gasteiger partial charge in [0.2, 0.25) is 10.0 Å². The summed E-state index contributed by atoms with van der Waals surface area (Å²) in [5, 5.41) is 11.2. The Bertz CT molecular complexity index is 1110. The Balaban J connectivity index is 1.69. The molecule has 1 aliphatic rings. The maximum atomic E-state index is 13.4. The average molecular weight is 438 g/mol. The molecule has 5 nitrogen and oxygen atoms in total. The Morgan fingerprint density at radius 3 is 2.19 bits per heavy atom. The van der Waals surface area contributed by atoms with Crippen molar-refractivity contribution in [3.05, 3.63) is 95.6 Å². The molecule has 0 spiro atoms. The molecule has 3 aromatic rings. The smallest absolute Gasteiger partial charge is 0.243 e. The fourth-order valence-electron chi connectivity index (χ4n) is 4.27. The zero-order valence-corrected chi connectivity index (χ0v) is 18.5. The van der Waals surface area contributed by atoms with E-state index in [-0.39, 0.29) is 23.3 Å². The van der Waals surface area contributed by atoms with Crippen LogP contribution in [0, 0.1) is 12.8 Å². The van der Waals surface area contributed by atoms with Gasteiger partial charge < -0.3 is 9.84 Å². The topological polar surface area (TPSA) is 66.8 Å². The predicted molar refractivity (Wildman–Crippen MR) is 121 cm³/mol. The van der Waals surface area contributed by atoms with Crippen LogP contribution in [0.1, 0.15) is 28.7 Å². The lowest BCUT2D eigenvalue weighted by atomic mass is 9.83. The number of hydrogen-bond acceptors (Lipinski definition) is 4. The second-order valence-corrected chi connectivity index (χ2v) is 9.97. The lowest BCUT2D eigenvalue weighted by Crippen LogP contribution is -2.29. The summed E-state index contributed by atoms with van der Waals surface area (Å²) >= 11 is 0. The fraction of sp³-hybridized carbons (Fsp3) is 0.280. The fourth-order valence-corrected chi connectivity index (χ4v) is 5.77. The van der Waals surface area contributed by atoms with Crippen LogP contribution >= 0.6 is 0 Å². The van der Waals surface area contributed by atoms with Crippen LogP contribution in [0.15, 0.2) is 83.8 Å². The third-order valence-electron chi connectivity index (χ3n) is 6.08. The van der Waals surface area contributed by atoms with E-state index >= 15 is 0 Å². The molecule has 1 N–H and O–H groups in total. The minimum absolute atomic E-state index is 0.138. The number of benzene rings is 3. The van der Waals surface area contributed by atoms with E-state index in [2.05, 4.69) is 0 Å².